The van der Waals surface area contributed by atoms with Crippen LogP contribution in [0.5, 0.6) is 0 Å². The van der Waals surface area contributed by atoms with E-state index in [2.05, 4.69) is 16.0 Å². The summed E-state index contributed by atoms with van der Waals surface area (Å²) in [6.45, 7) is 0. The summed E-state index contributed by atoms with van der Waals surface area (Å²) in [4.78, 5) is 7.91. The lowest BCUT2D eigenvalue weighted by atomic mass is 10.1. The Morgan fingerprint density at radius 2 is 1.53 bits per heavy atom. The van der Waals surface area contributed by atoms with Crippen molar-refractivity contribution in [3.63, 3.8) is 0 Å². The maximum atomic E-state index is 13.8. The van der Waals surface area contributed by atoms with Gasteiger partial charge in [0, 0.05) is 34.6 Å². The number of benzene rings is 3. The Morgan fingerprint density at radius 1 is 0.800 bits per heavy atom. The van der Waals surface area contributed by atoms with Crippen molar-refractivity contribution >= 4 is 10.9 Å². The van der Waals surface area contributed by atoms with Crippen molar-refractivity contribution in [1.29, 1.82) is 0 Å². The van der Waals surface area contributed by atoms with E-state index < -0.39 is 0 Å². The van der Waals surface area contributed by atoms with E-state index in [4.69, 9.17) is 4.42 Å². The maximum absolute atomic E-state index is 13.8. The molecule has 0 amide bonds. The first kappa shape index (κ1) is 18.3. The average molecular weight is 400 g/mol. The highest BCUT2D eigenvalue weighted by atomic mass is 19.1. The Hall–Kier alpha value is -3.73. The van der Waals surface area contributed by atoms with Crippen LogP contribution < -0.4 is 0 Å². The third-order valence-electron chi connectivity index (χ3n) is 5.14. The molecule has 0 radical (unpaired) electrons. The molecule has 0 saturated heterocycles. The molecule has 1 N–H and O–H groups in total. The van der Waals surface area contributed by atoms with E-state index in [0.29, 0.717) is 34.9 Å². The number of fused-ring (bicyclic) bond motifs is 1. The molecule has 0 bridgehead atoms. The summed E-state index contributed by atoms with van der Waals surface area (Å²) in [6.07, 6.45) is 3.30. The first-order valence-electron chi connectivity index (χ1n) is 9.74. The average Bonchev–Trinajstić information content (AvgIpc) is 3.37. The molecule has 0 saturated carbocycles. The van der Waals surface area contributed by atoms with E-state index in [9.17, 15) is 8.78 Å². The van der Waals surface area contributed by atoms with Gasteiger partial charge < -0.3 is 9.40 Å². The number of nitrogens with one attached hydrogen (secondary N) is 1. The minimum atomic E-state index is -0.366. The van der Waals surface area contributed by atoms with E-state index in [1.165, 1.54) is 35.2 Å². The van der Waals surface area contributed by atoms with Crippen molar-refractivity contribution in [1.82, 2.24) is 9.97 Å². The summed E-state index contributed by atoms with van der Waals surface area (Å²) in [5, 5.41) is 1.17. The predicted octanol–water partition coefficient (Wildman–Crippen LogP) is 6.55. The number of hydrogen-bond acceptors (Lipinski definition) is 2. The molecule has 5 rings (SSSR count). The van der Waals surface area contributed by atoms with Crippen LogP contribution in [0, 0.1) is 11.6 Å². The van der Waals surface area contributed by atoms with Gasteiger partial charge in [0.05, 0.1) is 0 Å². The number of nitrogens with zero attached hydrogens (tertiary/aromatic N) is 1. The second-order valence-corrected chi connectivity index (χ2v) is 7.17. The Kier molecular flexibility index (Phi) is 4.64. The number of rotatable bonds is 5. The summed E-state index contributed by atoms with van der Waals surface area (Å²) >= 11 is 0. The highest BCUT2D eigenvalue weighted by Gasteiger charge is 2.18. The van der Waals surface area contributed by atoms with Gasteiger partial charge in [0.25, 0.3) is 0 Å². The second-order valence-electron chi connectivity index (χ2n) is 7.17. The summed E-state index contributed by atoms with van der Waals surface area (Å²) in [6, 6.07) is 20.4. The summed E-state index contributed by atoms with van der Waals surface area (Å²) < 4.78 is 33.7. The molecule has 5 aromatic rings. The molecule has 2 aromatic heterocycles. The zero-order chi connectivity index (χ0) is 20.5. The zero-order valence-corrected chi connectivity index (χ0v) is 16.0. The molecule has 0 aliphatic carbocycles. The van der Waals surface area contributed by atoms with Crippen LogP contribution in [-0.2, 0) is 12.8 Å². The summed E-state index contributed by atoms with van der Waals surface area (Å²) in [5.74, 6) is 0.239. The lowest BCUT2D eigenvalue weighted by Gasteiger charge is -2.02. The second kappa shape index (κ2) is 7.59. The number of hydrogen-bond donors (Lipinski definition) is 1. The van der Waals surface area contributed by atoms with Gasteiger partial charge in [-0.2, -0.15) is 0 Å². The fraction of sp³-hybridized carbons (Fsp3) is 0.0800. The molecule has 3 aromatic carbocycles. The van der Waals surface area contributed by atoms with E-state index in [0.717, 1.165) is 11.9 Å². The number of aryl methyl sites for hydroxylation is 2. The number of aromatic nitrogens is 2. The molecule has 0 fully saturated rings. The topological polar surface area (TPSA) is 41.8 Å². The Morgan fingerprint density at radius 3 is 2.33 bits per heavy atom. The van der Waals surface area contributed by atoms with Crippen molar-refractivity contribution in [2.75, 3.05) is 0 Å². The summed E-state index contributed by atoms with van der Waals surface area (Å²) in [5.41, 5.74) is 3.93. The number of para-hydroxylation sites is 1. The molecule has 5 heteroatoms. The Bertz CT molecular complexity index is 1270. The van der Waals surface area contributed by atoms with Crippen LogP contribution in [0.1, 0.15) is 11.5 Å². The van der Waals surface area contributed by atoms with Gasteiger partial charge in [-0.05, 0) is 42.3 Å². The smallest absolute Gasteiger partial charge is 0.195 e. The van der Waals surface area contributed by atoms with E-state index in [1.54, 1.807) is 24.3 Å². The van der Waals surface area contributed by atoms with Gasteiger partial charge in [0.1, 0.15) is 17.3 Å². The van der Waals surface area contributed by atoms with E-state index >= 15 is 0 Å². The monoisotopic (exact) mass is 400 g/mol. The number of halogens is 2. The van der Waals surface area contributed by atoms with Crippen LogP contribution in [0.15, 0.2) is 83.4 Å². The van der Waals surface area contributed by atoms with Crippen molar-refractivity contribution in [2.45, 2.75) is 12.8 Å². The Balaban J connectivity index is 1.52. The van der Waals surface area contributed by atoms with E-state index in [-0.39, 0.29) is 11.6 Å². The third-order valence-corrected chi connectivity index (χ3v) is 5.14. The molecule has 30 heavy (non-hydrogen) atoms. The molecule has 0 atom stereocenters. The minimum absolute atomic E-state index is 0.360. The lowest BCUT2D eigenvalue weighted by molar-refractivity contribution is 0.505. The van der Waals surface area contributed by atoms with Crippen LogP contribution >= 0.6 is 0 Å². The molecular formula is C25H18F2N2O. The largest absolute Gasteiger partial charge is 0.440 e. The van der Waals surface area contributed by atoms with Crippen molar-refractivity contribution < 1.29 is 13.2 Å². The summed E-state index contributed by atoms with van der Waals surface area (Å²) in [7, 11) is 0. The normalized spacial score (nSPS) is 11.3. The molecule has 148 valence electrons. The van der Waals surface area contributed by atoms with Gasteiger partial charge in [0.15, 0.2) is 11.7 Å². The van der Waals surface area contributed by atoms with Gasteiger partial charge >= 0.3 is 0 Å². The van der Waals surface area contributed by atoms with Gasteiger partial charge in [0.2, 0.25) is 0 Å². The van der Waals surface area contributed by atoms with Gasteiger partial charge in [-0.3, -0.25) is 0 Å². The number of H-pyrrole nitrogens is 1. The van der Waals surface area contributed by atoms with Crippen molar-refractivity contribution in [3.05, 3.63) is 102 Å². The lowest BCUT2D eigenvalue weighted by Crippen LogP contribution is -1.91. The fourth-order valence-corrected chi connectivity index (χ4v) is 3.71. The van der Waals surface area contributed by atoms with Crippen LogP contribution in [0.3, 0.4) is 0 Å². The van der Waals surface area contributed by atoms with Crippen molar-refractivity contribution in [3.8, 4) is 22.6 Å². The molecular weight excluding hydrogens is 382 g/mol. The van der Waals surface area contributed by atoms with Gasteiger partial charge in [-0.1, -0.05) is 42.5 Å². The quantitative estimate of drug-likeness (QED) is 0.363. The first-order chi connectivity index (χ1) is 14.7. The van der Waals surface area contributed by atoms with Crippen LogP contribution in [0.4, 0.5) is 8.78 Å². The third kappa shape index (κ3) is 3.50. The fourth-order valence-electron chi connectivity index (χ4n) is 3.71. The molecule has 0 aliphatic rings. The molecule has 3 nitrogen and oxygen atoms in total. The molecule has 2 heterocycles. The van der Waals surface area contributed by atoms with E-state index in [1.807, 2.05) is 24.4 Å². The maximum Gasteiger partial charge on any atom is 0.195 e. The van der Waals surface area contributed by atoms with Gasteiger partial charge in [-0.25, -0.2) is 13.8 Å². The van der Waals surface area contributed by atoms with Crippen LogP contribution in [0.2, 0.25) is 0 Å². The predicted molar refractivity (Wildman–Crippen MR) is 113 cm³/mol. The number of aromatic amines is 1. The highest BCUT2D eigenvalue weighted by Crippen LogP contribution is 2.34. The Labute approximate surface area is 172 Å². The van der Waals surface area contributed by atoms with Crippen LogP contribution in [0.25, 0.3) is 33.5 Å². The van der Waals surface area contributed by atoms with Crippen molar-refractivity contribution in [2.24, 2.45) is 0 Å². The van der Waals surface area contributed by atoms with Gasteiger partial charge in [-0.15, -0.1) is 0 Å². The SMILES string of the molecule is Fc1cccc(-c2nc(CCc3c[nH]c4ccccc34)oc2-c2cccc(F)c2)c1. The highest BCUT2D eigenvalue weighted by molar-refractivity contribution is 5.83. The van der Waals surface area contributed by atoms with Crippen LogP contribution in [-0.4, -0.2) is 9.97 Å². The molecule has 0 unspecified atom stereocenters. The number of oxazole rings is 1. The first-order valence-corrected chi connectivity index (χ1v) is 9.74. The molecule has 0 aliphatic heterocycles. The molecule has 0 spiro atoms. The standard InChI is InChI=1S/C25H18F2N2O/c26-19-7-3-5-16(13-19)24-25(17-6-4-8-20(27)14-17)30-23(29-24)12-11-18-15-28-22-10-2-1-9-21(18)22/h1-10,13-15,28H,11-12H2. The minimum Gasteiger partial charge on any atom is -0.440 e. The zero-order valence-electron chi connectivity index (χ0n) is 16.0.